The van der Waals surface area contributed by atoms with Crippen LogP contribution in [-0.4, -0.2) is 9.97 Å². The molecule has 0 aliphatic carbocycles. The zero-order valence-electron chi connectivity index (χ0n) is 12.1. The Morgan fingerprint density at radius 1 is 0.952 bits per heavy atom. The van der Waals surface area contributed by atoms with Gasteiger partial charge in [-0.2, -0.15) is 0 Å². The van der Waals surface area contributed by atoms with Crippen molar-refractivity contribution in [3.05, 3.63) is 72.2 Å². The lowest BCUT2D eigenvalue weighted by atomic mass is 10.1. The Balaban J connectivity index is 1.80. The van der Waals surface area contributed by atoms with Crippen molar-refractivity contribution in [2.24, 2.45) is 0 Å². The number of nitrogens with zero attached hydrogens (tertiary/aromatic N) is 1. The number of aryl methyl sites for hydroxylation is 1. The van der Waals surface area contributed by atoms with Crippen molar-refractivity contribution >= 4 is 5.69 Å². The first-order valence-corrected chi connectivity index (χ1v) is 7.29. The van der Waals surface area contributed by atoms with Crippen molar-refractivity contribution in [1.29, 1.82) is 0 Å². The van der Waals surface area contributed by atoms with Crippen LogP contribution >= 0.6 is 0 Å². The minimum Gasteiger partial charge on any atom is -0.378 e. The van der Waals surface area contributed by atoms with E-state index in [1.807, 2.05) is 36.4 Å². The molecule has 0 bridgehead atoms. The van der Waals surface area contributed by atoms with Gasteiger partial charge in [0.05, 0.1) is 12.2 Å². The number of imidazole rings is 1. The standard InChI is InChI=1S/C18H19N3/c1-2-16-18(14-9-5-3-6-10-14)21-17(20-16)13-19-15-11-7-4-8-12-15/h3-12,19H,2,13H2,1H3,(H,20,21). The molecular weight excluding hydrogens is 258 g/mol. The molecule has 0 spiro atoms. The summed E-state index contributed by atoms with van der Waals surface area (Å²) < 4.78 is 0. The van der Waals surface area contributed by atoms with Crippen LogP contribution in [0.4, 0.5) is 5.69 Å². The van der Waals surface area contributed by atoms with Gasteiger partial charge in [-0.3, -0.25) is 0 Å². The Kier molecular flexibility index (Phi) is 4.01. The first-order chi connectivity index (χ1) is 10.4. The Labute approximate surface area is 125 Å². The topological polar surface area (TPSA) is 40.7 Å². The fourth-order valence-electron chi connectivity index (χ4n) is 2.38. The van der Waals surface area contributed by atoms with E-state index in [-0.39, 0.29) is 0 Å². The molecule has 0 aliphatic heterocycles. The summed E-state index contributed by atoms with van der Waals surface area (Å²) in [5.41, 5.74) is 4.51. The van der Waals surface area contributed by atoms with E-state index in [9.17, 15) is 0 Å². The number of aromatic amines is 1. The molecule has 3 aromatic rings. The zero-order valence-corrected chi connectivity index (χ0v) is 12.1. The quantitative estimate of drug-likeness (QED) is 0.732. The summed E-state index contributed by atoms with van der Waals surface area (Å²) >= 11 is 0. The fraction of sp³-hybridized carbons (Fsp3) is 0.167. The average Bonchev–Trinajstić information content (AvgIpc) is 2.98. The van der Waals surface area contributed by atoms with E-state index in [1.165, 1.54) is 5.69 Å². The van der Waals surface area contributed by atoms with Crippen molar-refractivity contribution in [3.8, 4) is 11.3 Å². The summed E-state index contributed by atoms with van der Waals surface area (Å²) in [6.45, 7) is 2.85. The van der Waals surface area contributed by atoms with E-state index in [1.54, 1.807) is 0 Å². The summed E-state index contributed by atoms with van der Waals surface area (Å²) in [6, 6.07) is 20.5. The third-order valence-corrected chi connectivity index (χ3v) is 3.46. The SMILES string of the molecule is CCc1[nH]c(CNc2ccccc2)nc1-c1ccccc1. The third-order valence-electron chi connectivity index (χ3n) is 3.46. The molecule has 1 heterocycles. The number of aromatic nitrogens is 2. The number of rotatable bonds is 5. The Morgan fingerprint density at radius 3 is 2.29 bits per heavy atom. The van der Waals surface area contributed by atoms with Gasteiger partial charge in [-0.05, 0) is 18.6 Å². The summed E-state index contributed by atoms with van der Waals surface area (Å²) in [6.07, 6.45) is 0.947. The lowest BCUT2D eigenvalue weighted by Crippen LogP contribution is -2.01. The monoisotopic (exact) mass is 277 g/mol. The van der Waals surface area contributed by atoms with Crippen molar-refractivity contribution in [1.82, 2.24) is 9.97 Å². The van der Waals surface area contributed by atoms with E-state index in [0.29, 0.717) is 6.54 Å². The van der Waals surface area contributed by atoms with Crippen LogP contribution in [0.1, 0.15) is 18.4 Å². The predicted octanol–water partition coefficient (Wildman–Crippen LogP) is 4.25. The molecule has 0 atom stereocenters. The normalized spacial score (nSPS) is 10.5. The molecule has 106 valence electrons. The van der Waals surface area contributed by atoms with Gasteiger partial charge in [0.25, 0.3) is 0 Å². The number of hydrogen-bond acceptors (Lipinski definition) is 2. The van der Waals surface area contributed by atoms with Gasteiger partial charge in [-0.1, -0.05) is 55.5 Å². The first kappa shape index (κ1) is 13.4. The molecule has 0 amide bonds. The van der Waals surface area contributed by atoms with Crippen molar-refractivity contribution in [2.75, 3.05) is 5.32 Å². The lowest BCUT2D eigenvalue weighted by molar-refractivity contribution is 0.971. The number of H-pyrrole nitrogens is 1. The van der Waals surface area contributed by atoms with Gasteiger partial charge in [-0.15, -0.1) is 0 Å². The maximum absolute atomic E-state index is 4.75. The third kappa shape index (κ3) is 3.14. The van der Waals surface area contributed by atoms with E-state index in [0.717, 1.165) is 29.2 Å². The van der Waals surface area contributed by atoms with Crippen molar-refractivity contribution < 1.29 is 0 Å². The van der Waals surface area contributed by atoms with Crippen LogP contribution in [0.15, 0.2) is 60.7 Å². The van der Waals surface area contributed by atoms with Crippen LogP contribution in [0.3, 0.4) is 0 Å². The molecule has 2 N–H and O–H groups in total. The summed E-state index contributed by atoms with van der Waals surface area (Å²) in [7, 11) is 0. The molecule has 3 heteroatoms. The first-order valence-electron chi connectivity index (χ1n) is 7.29. The highest BCUT2D eigenvalue weighted by atomic mass is 15.0. The molecule has 1 aromatic heterocycles. The Bertz CT molecular complexity index is 687. The van der Waals surface area contributed by atoms with Crippen LogP contribution < -0.4 is 5.32 Å². The predicted molar refractivity (Wildman–Crippen MR) is 87.2 cm³/mol. The van der Waals surface area contributed by atoms with Gasteiger partial charge in [0.1, 0.15) is 5.82 Å². The number of para-hydroxylation sites is 1. The number of hydrogen-bond donors (Lipinski definition) is 2. The van der Waals surface area contributed by atoms with E-state index in [4.69, 9.17) is 4.98 Å². The highest BCUT2D eigenvalue weighted by Gasteiger charge is 2.10. The van der Waals surface area contributed by atoms with Gasteiger partial charge in [0.15, 0.2) is 0 Å². The number of benzene rings is 2. The van der Waals surface area contributed by atoms with Crippen LogP contribution in [0.2, 0.25) is 0 Å². The van der Waals surface area contributed by atoms with Gasteiger partial charge >= 0.3 is 0 Å². The number of anilines is 1. The molecule has 0 fully saturated rings. The van der Waals surface area contributed by atoms with Crippen LogP contribution in [0, 0.1) is 0 Å². The molecule has 0 saturated carbocycles. The minimum absolute atomic E-state index is 0.698. The minimum atomic E-state index is 0.698. The molecule has 0 radical (unpaired) electrons. The fourth-order valence-corrected chi connectivity index (χ4v) is 2.38. The van der Waals surface area contributed by atoms with Crippen LogP contribution in [0.5, 0.6) is 0 Å². The van der Waals surface area contributed by atoms with Crippen molar-refractivity contribution in [2.45, 2.75) is 19.9 Å². The maximum atomic E-state index is 4.75. The van der Waals surface area contributed by atoms with E-state index < -0.39 is 0 Å². The largest absolute Gasteiger partial charge is 0.378 e. The van der Waals surface area contributed by atoms with Crippen LogP contribution in [0.25, 0.3) is 11.3 Å². The average molecular weight is 277 g/mol. The highest BCUT2D eigenvalue weighted by molar-refractivity contribution is 5.62. The number of nitrogens with one attached hydrogen (secondary N) is 2. The lowest BCUT2D eigenvalue weighted by Gasteiger charge is -2.03. The Hall–Kier alpha value is -2.55. The van der Waals surface area contributed by atoms with Crippen molar-refractivity contribution in [3.63, 3.8) is 0 Å². The second-order valence-corrected chi connectivity index (χ2v) is 4.95. The molecule has 2 aromatic carbocycles. The van der Waals surface area contributed by atoms with Gasteiger partial charge in [0, 0.05) is 16.9 Å². The second-order valence-electron chi connectivity index (χ2n) is 4.95. The molecule has 0 aliphatic rings. The van der Waals surface area contributed by atoms with Gasteiger partial charge < -0.3 is 10.3 Å². The van der Waals surface area contributed by atoms with Gasteiger partial charge in [0.2, 0.25) is 0 Å². The molecule has 0 saturated heterocycles. The molecule has 0 unspecified atom stereocenters. The second kappa shape index (κ2) is 6.27. The zero-order chi connectivity index (χ0) is 14.5. The van der Waals surface area contributed by atoms with Gasteiger partial charge in [-0.25, -0.2) is 4.98 Å². The summed E-state index contributed by atoms with van der Waals surface area (Å²) in [4.78, 5) is 8.17. The van der Waals surface area contributed by atoms with E-state index >= 15 is 0 Å². The maximum Gasteiger partial charge on any atom is 0.126 e. The molecule has 3 rings (SSSR count). The molecular formula is C18H19N3. The summed E-state index contributed by atoms with van der Waals surface area (Å²) in [5.74, 6) is 0.967. The highest BCUT2D eigenvalue weighted by Crippen LogP contribution is 2.22. The smallest absolute Gasteiger partial charge is 0.126 e. The molecule has 3 nitrogen and oxygen atoms in total. The summed E-state index contributed by atoms with van der Waals surface area (Å²) in [5, 5.41) is 3.38. The molecule has 21 heavy (non-hydrogen) atoms. The van der Waals surface area contributed by atoms with E-state index in [2.05, 4.69) is 41.5 Å². The van der Waals surface area contributed by atoms with Crippen LogP contribution in [-0.2, 0) is 13.0 Å². The Morgan fingerprint density at radius 2 is 1.62 bits per heavy atom.